The molecule has 5 rings (SSSR count). The van der Waals surface area contributed by atoms with E-state index in [2.05, 4.69) is 12.1 Å². The zero-order valence-electron chi connectivity index (χ0n) is 17.2. The third-order valence-corrected chi connectivity index (χ3v) is 8.70. The maximum absolute atomic E-state index is 13.6. The van der Waals surface area contributed by atoms with Gasteiger partial charge in [0.15, 0.2) is 0 Å². The largest absolute Gasteiger partial charge is 0.312 e. The first-order valence-electron chi connectivity index (χ1n) is 11.1. The van der Waals surface area contributed by atoms with E-state index in [1.54, 1.807) is 16.4 Å². The van der Waals surface area contributed by atoms with Crippen molar-refractivity contribution in [1.82, 2.24) is 4.31 Å². The fourth-order valence-electron chi connectivity index (χ4n) is 5.24. The molecule has 30 heavy (non-hydrogen) atoms. The van der Waals surface area contributed by atoms with Crippen LogP contribution in [0.3, 0.4) is 0 Å². The van der Waals surface area contributed by atoms with Crippen molar-refractivity contribution in [2.75, 3.05) is 24.5 Å². The monoisotopic (exact) mass is 424 g/mol. The summed E-state index contributed by atoms with van der Waals surface area (Å²) in [6.07, 6.45) is 6.47. The zero-order chi connectivity index (χ0) is 20.7. The van der Waals surface area contributed by atoms with Crippen LogP contribution in [0.15, 0.2) is 47.4 Å². The highest BCUT2D eigenvalue weighted by Gasteiger charge is 2.34. The van der Waals surface area contributed by atoms with Crippen molar-refractivity contribution in [3.8, 4) is 0 Å². The molecule has 0 radical (unpaired) electrons. The number of carbonyl (C=O) groups excluding carboxylic acids is 1. The van der Waals surface area contributed by atoms with Gasteiger partial charge in [-0.1, -0.05) is 24.3 Å². The Morgan fingerprint density at radius 1 is 0.867 bits per heavy atom. The summed E-state index contributed by atoms with van der Waals surface area (Å²) in [5.74, 6) is 0.0483. The minimum absolute atomic E-state index is 0.103. The van der Waals surface area contributed by atoms with Crippen molar-refractivity contribution >= 4 is 21.6 Å². The zero-order valence-corrected chi connectivity index (χ0v) is 18.0. The number of amides is 1. The number of benzene rings is 2. The van der Waals surface area contributed by atoms with E-state index >= 15 is 0 Å². The lowest BCUT2D eigenvalue weighted by molar-refractivity contribution is -0.120. The number of hydrogen-bond acceptors (Lipinski definition) is 3. The Labute approximate surface area is 178 Å². The second-order valence-electron chi connectivity index (χ2n) is 8.64. The standard InChI is InChI=1S/C24H28N2O3S/c27-24(22-11-5-8-18-7-1-2-10-21(18)22)26-16-6-9-19-17-20(12-13-23(19)26)30(28,29)25-14-3-4-15-25/h1-2,7,10,12-13,17,22H,3-6,8-9,11,14-16H2. The van der Waals surface area contributed by atoms with E-state index in [4.69, 9.17) is 0 Å². The molecular weight excluding hydrogens is 396 g/mol. The second kappa shape index (κ2) is 7.82. The van der Waals surface area contributed by atoms with Gasteiger partial charge in [0, 0.05) is 25.3 Å². The highest BCUT2D eigenvalue weighted by Crippen LogP contribution is 2.37. The van der Waals surface area contributed by atoms with E-state index < -0.39 is 10.0 Å². The maximum Gasteiger partial charge on any atom is 0.243 e. The lowest BCUT2D eigenvalue weighted by atomic mass is 9.81. The van der Waals surface area contributed by atoms with Crippen molar-refractivity contribution in [3.63, 3.8) is 0 Å². The first-order valence-corrected chi connectivity index (χ1v) is 12.5. The summed E-state index contributed by atoms with van der Waals surface area (Å²) in [7, 11) is -3.44. The minimum Gasteiger partial charge on any atom is -0.312 e. The Morgan fingerprint density at radius 3 is 2.47 bits per heavy atom. The van der Waals surface area contributed by atoms with E-state index in [1.165, 1.54) is 5.56 Å². The van der Waals surface area contributed by atoms with Gasteiger partial charge in [-0.3, -0.25) is 4.79 Å². The molecule has 0 saturated carbocycles. The van der Waals surface area contributed by atoms with E-state index in [0.717, 1.165) is 61.8 Å². The summed E-state index contributed by atoms with van der Waals surface area (Å²) in [5, 5.41) is 0. The third kappa shape index (κ3) is 3.36. The van der Waals surface area contributed by atoms with Crippen LogP contribution in [0, 0.1) is 0 Å². The van der Waals surface area contributed by atoms with E-state index in [-0.39, 0.29) is 11.8 Å². The molecular formula is C24H28N2O3S. The van der Waals surface area contributed by atoms with Crippen molar-refractivity contribution in [2.24, 2.45) is 0 Å². The molecule has 1 unspecified atom stereocenters. The number of hydrogen-bond donors (Lipinski definition) is 0. The SMILES string of the molecule is O=C(C1CCCc2ccccc21)N1CCCc2cc(S(=O)(=O)N3CCCC3)ccc21. The predicted molar refractivity (Wildman–Crippen MR) is 117 cm³/mol. The number of aryl methyl sites for hydroxylation is 2. The van der Waals surface area contributed by atoms with Crippen LogP contribution in [0.25, 0.3) is 0 Å². The topological polar surface area (TPSA) is 57.7 Å². The van der Waals surface area contributed by atoms with Crippen LogP contribution in [0.4, 0.5) is 5.69 Å². The Kier molecular flexibility index (Phi) is 5.15. The second-order valence-corrected chi connectivity index (χ2v) is 10.6. The molecule has 2 aromatic rings. The lowest BCUT2D eigenvalue weighted by Gasteiger charge is -2.34. The first-order chi connectivity index (χ1) is 14.6. The molecule has 0 spiro atoms. The van der Waals surface area contributed by atoms with Gasteiger partial charge in [-0.15, -0.1) is 0 Å². The number of nitrogens with zero attached hydrogens (tertiary/aromatic N) is 2. The minimum atomic E-state index is -3.44. The Morgan fingerprint density at radius 2 is 1.63 bits per heavy atom. The number of anilines is 1. The third-order valence-electron chi connectivity index (χ3n) is 6.81. The van der Waals surface area contributed by atoms with Gasteiger partial charge in [0.2, 0.25) is 15.9 Å². The van der Waals surface area contributed by atoms with Gasteiger partial charge in [0.05, 0.1) is 10.8 Å². The lowest BCUT2D eigenvalue weighted by Crippen LogP contribution is -2.40. The highest BCUT2D eigenvalue weighted by molar-refractivity contribution is 7.89. The molecule has 1 fully saturated rings. The molecule has 5 nitrogen and oxygen atoms in total. The van der Waals surface area contributed by atoms with Gasteiger partial charge < -0.3 is 4.90 Å². The van der Waals surface area contributed by atoms with Crippen molar-refractivity contribution < 1.29 is 13.2 Å². The van der Waals surface area contributed by atoms with Gasteiger partial charge in [-0.25, -0.2) is 8.42 Å². The van der Waals surface area contributed by atoms with Gasteiger partial charge in [-0.05, 0) is 79.8 Å². The van der Waals surface area contributed by atoms with Crippen molar-refractivity contribution in [1.29, 1.82) is 0 Å². The normalized spacial score (nSPS) is 21.9. The summed E-state index contributed by atoms with van der Waals surface area (Å²) in [5.41, 5.74) is 4.30. The van der Waals surface area contributed by atoms with E-state index in [1.807, 2.05) is 23.1 Å². The summed E-state index contributed by atoms with van der Waals surface area (Å²) in [6, 6.07) is 13.6. The van der Waals surface area contributed by atoms with Crippen LogP contribution in [0.2, 0.25) is 0 Å². The van der Waals surface area contributed by atoms with Crippen molar-refractivity contribution in [2.45, 2.75) is 55.8 Å². The van der Waals surface area contributed by atoms with Crippen LogP contribution >= 0.6 is 0 Å². The number of carbonyl (C=O) groups is 1. The molecule has 0 bridgehead atoms. The molecule has 2 aliphatic heterocycles. The Hall–Kier alpha value is -2.18. The first kappa shape index (κ1) is 19.8. The van der Waals surface area contributed by atoms with Gasteiger partial charge in [0.25, 0.3) is 0 Å². The summed E-state index contributed by atoms with van der Waals surface area (Å²) in [6.45, 7) is 1.90. The predicted octanol–water partition coefficient (Wildman–Crippen LogP) is 3.87. The average Bonchev–Trinajstić information content (AvgIpc) is 3.33. The quantitative estimate of drug-likeness (QED) is 0.752. The Balaban J connectivity index is 1.46. The molecule has 1 aliphatic carbocycles. The van der Waals surface area contributed by atoms with E-state index in [0.29, 0.717) is 24.5 Å². The fourth-order valence-corrected chi connectivity index (χ4v) is 6.81. The van der Waals surface area contributed by atoms with Crippen molar-refractivity contribution in [3.05, 3.63) is 59.2 Å². The summed E-state index contributed by atoms with van der Waals surface area (Å²) >= 11 is 0. The molecule has 158 valence electrons. The van der Waals surface area contributed by atoms with Gasteiger partial charge >= 0.3 is 0 Å². The molecule has 2 heterocycles. The smallest absolute Gasteiger partial charge is 0.243 e. The summed E-state index contributed by atoms with van der Waals surface area (Å²) in [4.78, 5) is 15.8. The molecule has 2 aromatic carbocycles. The molecule has 0 aromatic heterocycles. The number of fused-ring (bicyclic) bond motifs is 2. The van der Waals surface area contributed by atoms with Crippen LogP contribution in [0.1, 0.15) is 54.7 Å². The maximum atomic E-state index is 13.6. The highest BCUT2D eigenvalue weighted by atomic mass is 32.2. The average molecular weight is 425 g/mol. The molecule has 1 amide bonds. The molecule has 3 aliphatic rings. The van der Waals surface area contributed by atoms with Crippen LogP contribution in [-0.4, -0.2) is 38.3 Å². The van der Waals surface area contributed by atoms with E-state index in [9.17, 15) is 13.2 Å². The molecule has 6 heteroatoms. The number of sulfonamides is 1. The van der Waals surface area contributed by atoms with Crippen LogP contribution < -0.4 is 4.90 Å². The van der Waals surface area contributed by atoms with Gasteiger partial charge in [-0.2, -0.15) is 4.31 Å². The number of rotatable bonds is 3. The van der Waals surface area contributed by atoms with Gasteiger partial charge in [0.1, 0.15) is 0 Å². The molecule has 1 atom stereocenters. The Bertz CT molecular complexity index is 1070. The fraction of sp³-hybridized carbons (Fsp3) is 0.458. The summed E-state index contributed by atoms with van der Waals surface area (Å²) < 4.78 is 27.5. The van der Waals surface area contributed by atoms with Crippen LogP contribution in [-0.2, 0) is 27.7 Å². The molecule has 0 N–H and O–H groups in total. The van der Waals surface area contributed by atoms with Crippen LogP contribution in [0.5, 0.6) is 0 Å². The molecule has 1 saturated heterocycles.